The van der Waals surface area contributed by atoms with Crippen LogP contribution in [0.1, 0.15) is 11.6 Å². The van der Waals surface area contributed by atoms with Crippen LogP contribution in [0, 0.1) is 0 Å². The largest absolute Gasteiger partial charge is 0.308 e. The Morgan fingerprint density at radius 2 is 2.13 bits per heavy atom. The van der Waals surface area contributed by atoms with Crippen molar-refractivity contribution >= 4 is 0 Å². The summed E-state index contributed by atoms with van der Waals surface area (Å²) in [7, 11) is 2.06. The van der Waals surface area contributed by atoms with Crippen molar-refractivity contribution in [1.82, 2.24) is 10.2 Å². The Bertz CT molecular complexity index is 302. The van der Waals surface area contributed by atoms with Crippen molar-refractivity contribution in [3.8, 4) is 0 Å². The number of alkyl halides is 1. The Hall–Kier alpha value is -0.930. The molecule has 2 rings (SSSR count). The number of nitrogens with zero attached hydrogens (tertiary/aromatic N) is 1. The first-order valence-corrected chi connectivity index (χ1v) is 5.36. The van der Waals surface area contributed by atoms with E-state index in [1.165, 1.54) is 5.56 Å². The second kappa shape index (κ2) is 4.73. The zero-order valence-electron chi connectivity index (χ0n) is 8.99. The minimum atomic E-state index is -0.286. The summed E-state index contributed by atoms with van der Waals surface area (Å²) in [6.45, 7) is 1.32. The first-order valence-electron chi connectivity index (χ1n) is 5.36. The molecule has 2 nitrogen and oxygen atoms in total. The number of likely N-dealkylation sites (N-methyl/N-ethyl adjacent to an activating group) is 1. The molecule has 1 fully saturated rings. The molecule has 82 valence electrons. The van der Waals surface area contributed by atoms with Gasteiger partial charge in [0, 0.05) is 25.2 Å². The van der Waals surface area contributed by atoms with E-state index in [0.717, 1.165) is 13.1 Å². The molecule has 0 bridgehead atoms. The Morgan fingerprint density at radius 3 is 2.73 bits per heavy atom. The molecule has 0 saturated carbocycles. The van der Waals surface area contributed by atoms with E-state index < -0.39 is 0 Å². The summed E-state index contributed by atoms with van der Waals surface area (Å²) in [5.41, 5.74) is 1.30. The summed E-state index contributed by atoms with van der Waals surface area (Å²) in [5.74, 6) is 0. The van der Waals surface area contributed by atoms with Crippen LogP contribution in [-0.4, -0.2) is 37.8 Å². The summed E-state index contributed by atoms with van der Waals surface area (Å²) in [4.78, 5) is 2.22. The highest BCUT2D eigenvalue weighted by Gasteiger charge is 2.25. The van der Waals surface area contributed by atoms with Gasteiger partial charge in [-0.1, -0.05) is 30.3 Å². The predicted molar refractivity (Wildman–Crippen MR) is 59.6 cm³/mol. The standard InChI is InChI=1S/C12H17FN2/c1-15-9-11(7-13)14-8-12(15)10-5-3-2-4-6-10/h2-6,11-12,14H,7-9H2,1H3. The molecule has 1 aliphatic heterocycles. The first kappa shape index (κ1) is 10.6. The fraction of sp³-hybridized carbons (Fsp3) is 0.500. The van der Waals surface area contributed by atoms with Crippen molar-refractivity contribution in [2.45, 2.75) is 12.1 Å². The number of rotatable bonds is 2. The molecular weight excluding hydrogens is 191 g/mol. The van der Waals surface area contributed by atoms with E-state index in [2.05, 4.69) is 29.4 Å². The van der Waals surface area contributed by atoms with Gasteiger partial charge in [-0.3, -0.25) is 4.90 Å². The van der Waals surface area contributed by atoms with Gasteiger partial charge in [0.1, 0.15) is 6.67 Å². The molecule has 1 aromatic rings. The number of piperazine rings is 1. The van der Waals surface area contributed by atoms with Crippen molar-refractivity contribution in [2.24, 2.45) is 0 Å². The van der Waals surface area contributed by atoms with Gasteiger partial charge in [-0.15, -0.1) is 0 Å². The lowest BCUT2D eigenvalue weighted by atomic mass is 10.0. The number of benzene rings is 1. The summed E-state index contributed by atoms with van der Waals surface area (Å²) >= 11 is 0. The molecule has 0 amide bonds. The van der Waals surface area contributed by atoms with E-state index >= 15 is 0 Å². The zero-order chi connectivity index (χ0) is 10.7. The highest BCUT2D eigenvalue weighted by atomic mass is 19.1. The molecule has 0 aromatic heterocycles. The van der Waals surface area contributed by atoms with Gasteiger partial charge in [-0.05, 0) is 12.6 Å². The lowest BCUT2D eigenvalue weighted by Crippen LogP contribution is -2.51. The van der Waals surface area contributed by atoms with Gasteiger partial charge >= 0.3 is 0 Å². The van der Waals surface area contributed by atoms with Gasteiger partial charge in [-0.25, -0.2) is 4.39 Å². The summed E-state index contributed by atoms with van der Waals surface area (Å²) in [5, 5.41) is 3.23. The van der Waals surface area contributed by atoms with Crippen LogP contribution < -0.4 is 5.32 Å². The Balaban J connectivity index is 2.06. The van der Waals surface area contributed by atoms with E-state index in [9.17, 15) is 4.39 Å². The molecule has 1 saturated heterocycles. The average Bonchev–Trinajstić information content (AvgIpc) is 2.30. The average molecular weight is 208 g/mol. The molecule has 1 N–H and O–H groups in total. The Morgan fingerprint density at radius 1 is 1.40 bits per heavy atom. The van der Waals surface area contributed by atoms with Crippen LogP contribution in [0.25, 0.3) is 0 Å². The van der Waals surface area contributed by atoms with Crippen molar-refractivity contribution in [2.75, 3.05) is 26.8 Å². The van der Waals surface area contributed by atoms with Gasteiger partial charge in [0.05, 0.1) is 0 Å². The quantitative estimate of drug-likeness (QED) is 0.794. The maximum atomic E-state index is 12.5. The molecule has 1 aromatic carbocycles. The maximum absolute atomic E-state index is 12.5. The van der Waals surface area contributed by atoms with Crippen LogP contribution in [0.4, 0.5) is 4.39 Å². The topological polar surface area (TPSA) is 15.3 Å². The second-order valence-corrected chi connectivity index (χ2v) is 4.13. The SMILES string of the molecule is CN1CC(CF)NCC1c1ccccc1. The van der Waals surface area contributed by atoms with Crippen molar-refractivity contribution in [1.29, 1.82) is 0 Å². The van der Waals surface area contributed by atoms with Crippen LogP contribution in [0.5, 0.6) is 0 Å². The molecule has 3 heteroatoms. The fourth-order valence-corrected chi connectivity index (χ4v) is 2.12. The number of nitrogens with one attached hydrogen (secondary N) is 1. The van der Waals surface area contributed by atoms with E-state index in [1.54, 1.807) is 0 Å². The summed E-state index contributed by atoms with van der Waals surface area (Å²) in [6, 6.07) is 10.7. The summed E-state index contributed by atoms with van der Waals surface area (Å²) in [6.07, 6.45) is 0. The van der Waals surface area contributed by atoms with Gasteiger partial charge in [0.25, 0.3) is 0 Å². The van der Waals surface area contributed by atoms with Crippen molar-refractivity contribution in [3.05, 3.63) is 35.9 Å². The normalized spacial score (nSPS) is 27.9. The monoisotopic (exact) mass is 208 g/mol. The number of halogens is 1. The lowest BCUT2D eigenvalue weighted by molar-refractivity contribution is 0.149. The third-order valence-electron chi connectivity index (χ3n) is 3.01. The smallest absolute Gasteiger partial charge is 0.106 e. The van der Waals surface area contributed by atoms with Crippen molar-refractivity contribution < 1.29 is 4.39 Å². The minimum absolute atomic E-state index is 0.00466. The van der Waals surface area contributed by atoms with Crippen LogP contribution in [0.3, 0.4) is 0 Å². The number of hydrogen-bond donors (Lipinski definition) is 1. The fourth-order valence-electron chi connectivity index (χ4n) is 2.12. The number of hydrogen-bond acceptors (Lipinski definition) is 2. The molecule has 15 heavy (non-hydrogen) atoms. The molecular formula is C12H17FN2. The van der Waals surface area contributed by atoms with Gasteiger partial charge in [0.15, 0.2) is 0 Å². The van der Waals surface area contributed by atoms with E-state index in [0.29, 0.717) is 6.04 Å². The molecule has 0 radical (unpaired) electrons. The lowest BCUT2D eigenvalue weighted by Gasteiger charge is -2.37. The van der Waals surface area contributed by atoms with E-state index in [4.69, 9.17) is 0 Å². The highest BCUT2D eigenvalue weighted by molar-refractivity contribution is 5.20. The van der Waals surface area contributed by atoms with Crippen LogP contribution in [0.15, 0.2) is 30.3 Å². The molecule has 2 atom stereocenters. The second-order valence-electron chi connectivity index (χ2n) is 4.13. The minimum Gasteiger partial charge on any atom is -0.308 e. The van der Waals surface area contributed by atoms with Crippen LogP contribution in [-0.2, 0) is 0 Å². The van der Waals surface area contributed by atoms with Crippen LogP contribution >= 0.6 is 0 Å². The zero-order valence-corrected chi connectivity index (χ0v) is 8.99. The Kier molecular flexibility index (Phi) is 3.34. The van der Waals surface area contributed by atoms with E-state index in [-0.39, 0.29) is 12.7 Å². The summed E-state index contributed by atoms with van der Waals surface area (Å²) < 4.78 is 12.5. The molecule has 1 aliphatic rings. The van der Waals surface area contributed by atoms with Crippen LogP contribution in [0.2, 0.25) is 0 Å². The van der Waals surface area contributed by atoms with Gasteiger partial charge in [-0.2, -0.15) is 0 Å². The molecule has 0 spiro atoms. The highest BCUT2D eigenvalue weighted by Crippen LogP contribution is 2.21. The molecule has 1 heterocycles. The van der Waals surface area contributed by atoms with Crippen molar-refractivity contribution in [3.63, 3.8) is 0 Å². The van der Waals surface area contributed by atoms with E-state index in [1.807, 2.05) is 18.2 Å². The predicted octanol–water partition coefficient (Wildman–Crippen LogP) is 1.60. The maximum Gasteiger partial charge on any atom is 0.106 e. The van der Waals surface area contributed by atoms with Gasteiger partial charge < -0.3 is 5.32 Å². The third kappa shape index (κ3) is 2.36. The first-order chi connectivity index (χ1) is 7.31. The molecule has 2 unspecified atom stereocenters. The third-order valence-corrected chi connectivity index (χ3v) is 3.01. The van der Waals surface area contributed by atoms with Gasteiger partial charge in [0.2, 0.25) is 0 Å². The molecule has 0 aliphatic carbocycles. The Labute approximate surface area is 90.1 Å².